The van der Waals surface area contributed by atoms with E-state index in [0.717, 1.165) is 29.0 Å². The van der Waals surface area contributed by atoms with Crippen molar-refractivity contribution in [3.63, 3.8) is 0 Å². The van der Waals surface area contributed by atoms with Crippen LogP contribution in [0.15, 0.2) is 65.3 Å². The number of fused-ring (bicyclic) bond motifs is 1. The van der Waals surface area contributed by atoms with Gasteiger partial charge >= 0.3 is 0 Å². The molecule has 2 aromatic carbocycles. The Kier molecular flexibility index (Phi) is 5.77. The third kappa shape index (κ3) is 4.51. The van der Waals surface area contributed by atoms with E-state index in [1.165, 1.54) is 6.26 Å². The standard InChI is InChI=1S/C27H28N2O5/c1-27(2)17-21-5-3-6-22(24(21)34-27)33-18-19-8-10-20(11-9-19)25(30)28-12-14-29(15-13-28)26(31)23-7-4-16-32-23/h3-11,16H,12-15,17-18H2,1-2H3. The van der Waals surface area contributed by atoms with Gasteiger partial charge in [-0.05, 0) is 49.7 Å². The molecule has 176 valence electrons. The Labute approximate surface area is 198 Å². The van der Waals surface area contributed by atoms with E-state index >= 15 is 0 Å². The molecule has 7 heteroatoms. The molecule has 3 heterocycles. The number of carbonyl (C=O) groups is 2. The molecule has 7 nitrogen and oxygen atoms in total. The van der Waals surface area contributed by atoms with Crippen molar-refractivity contribution in [3.8, 4) is 11.5 Å². The molecule has 1 fully saturated rings. The average Bonchev–Trinajstić information content (AvgIpc) is 3.49. The number of amides is 2. The first-order valence-electron chi connectivity index (χ1n) is 11.5. The van der Waals surface area contributed by atoms with Crippen LogP contribution in [0.5, 0.6) is 11.5 Å². The molecule has 0 bridgehead atoms. The van der Waals surface area contributed by atoms with Crippen molar-refractivity contribution in [3.05, 3.63) is 83.3 Å². The van der Waals surface area contributed by atoms with Gasteiger partial charge in [0.2, 0.25) is 0 Å². The first kappa shape index (κ1) is 22.1. The summed E-state index contributed by atoms with van der Waals surface area (Å²) >= 11 is 0. The largest absolute Gasteiger partial charge is 0.485 e. The molecule has 0 N–H and O–H groups in total. The number of piperazine rings is 1. The van der Waals surface area contributed by atoms with Gasteiger partial charge in [-0.25, -0.2) is 0 Å². The van der Waals surface area contributed by atoms with Crippen LogP contribution in [0, 0.1) is 0 Å². The zero-order valence-electron chi connectivity index (χ0n) is 19.5. The molecular weight excluding hydrogens is 432 g/mol. The van der Waals surface area contributed by atoms with E-state index in [9.17, 15) is 9.59 Å². The summed E-state index contributed by atoms with van der Waals surface area (Å²) in [6.45, 7) is 6.49. The molecule has 0 unspecified atom stereocenters. The van der Waals surface area contributed by atoms with E-state index < -0.39 is 0 Å². The summed E-state index contributed by atoms with van der Waals surface area (Å²) in [5, 5.41) is 0. The second-order valence-corrected chi connectivity index (χ2v) is 9.33. The highest BCUT2D eigenvalue weighted by molar-refractivity contribution is 5.95. The van der Waals surface area contributed by atoms with Gasteiger partial charge in [-0.15, -0.1) is 0 Å². The lowest BCUT2D eigenvalue weighted by atomic mass is 10.0. The van der Waals surface area contributed by atoms with Crippen LogP contribution in [0.4, 0.5) is 0 Å². The summed E-state index contributed by atoms with van der Waals surface area (Å²) in [6.07, 6.45) is 2.35. The van der Waals surface area contributed by atoms with Crippen molar-refractivity contribution in [1.29, 1.82) is 0 Å². The Morgan fingerprint density at radius 3 is 2.29 bits per heavy atom. The fraction of sp³-hybridized carbons (Fsp3) is 0.333. The van der Waals surface area contributed by atoms with Gasteiger partial charge in [0.25, 0.3) is 11.8 Å². The topological polar surface area (TPSA) is 72.2 Å². The minimum Gasteiger partial charge on any atom is -0.485 e. The number of ether oxygens (including phenoxy) is 2. The van der Waals surface area contributed by atoms with E-state index in [2.05, 4.69) is 19.9 Å². The normalized spacial score (nSPS) is 16.6. The van der Waals surface area contributed by atoms with Gasteiger partial charge in [-0.3, -0.25) is 9.59 Å². The number of para-hydroxylation sites is 1. The van der Waals surface area contributed by atoms with E-state index in [-0.39, 0.29) is 17.4 Å². The van der Waals surface area contributed by atoms with Crippen molar-refractivity contribution in [2.75, 3.05) is 26.2 Å². The van der Waals surface area contributed by atoms with Crippen LogP contribution in [0.1, 0.15) is 45.9 Å². The summed E-state index contributed by atoms with van der Waals surface area (Å²) in [7, 11) is 0. The maximum atomic E-state index is 12.9. The highest BCUT2D eigenvalue weighted by Crippen LogP contribution is 2.41. The number of hydrogen-bond acceptors (Lipinski definition) is 5. The van der Waals surface area contributed by atoms with Crippen molar-refractivity contribution in [2.24, 2.45) is 0 Å². The zero-order chi connectivity index (χ0) is 23.7. The van der Waals surface area contributed by atoms with Gasteiger partial charge in [0, 0.05) is 43.7 Å². The van der Waals surface area contributed by atoms with Crippen LogP contribution in [0.2, 0.25) is 0 Å². The number of furan rings is 1. The Bertz CT molecular complexity index is 1180. The van der Waals surface area contributed by atoms with E-state index in [1.807, 2.05) is 36.4 Å². The molecule has 0 saturated carbocycles. The fourth-order valence-corrected chi connectivity index (χ4v) is 4.46. The number of carbonyl (C=O) groups excluding carboxylic acids is 2. The minimum absolute atomic E-state index is 0.0333. The summed E-state index contributed by atoms with van der Waals surface area (Å²) in [5.74, 6) is 1.72. The minimum atomic E-state index is -0.221. The maximum Gasteiger partial charge on any atom is 0.289 e. The number of benzene rings is 2. The molecule has 2 aliphatic rings. The molecule has 34 heavy (non-hydrogen) atoms. The first-order valence-corrected chi connectivity index (χ1v) is 11.5. The predicted molar refractivity (Wildman–Crippen MR) is 126 cm³/mol. The molecule has 1 aromatic heterocycles. The lowest BCUT2D eigenvalue weighted by molar-refractivity contribution is 0.0518. The van der Waals surface area contributed by atoms with E-state index in [0.29, 0.717) is 44.1 Å². The molecular formula is C27H28N2O5. The monoisotopic (exact) mass is 460 g/mol. The van der Waals surface area contributed by atoms with Crippen molar-refractivity contribution < 1.29 is 23.5 Å². The molecule has 1 saturated heterocycles. The maximum absolute atomic E-state index is 12.9. The second-order valence-electron chi connectivity index (χ2n) is 9.33. The number of hydrogen-bond donors (Lipinski definition) is 0. The van der Waals surface area contributed by atoms with Gasteiger partial charge in [-0.1, -0.05) is 24.3 Å². The van der Waals surface area contributed by atoms with E-state index in [1.54, 1.807) is 21.9 Å². The van der Waals surface area contributed by atoms with Crippen LogP contribution in [0.25, 0.3) is 0 Å². The first-order chi connectivity index (χ1) is 16.4. The summed E-state index contributed by atoms with van der Waals surface area (Å²) < 4.78 is 17.3. The van der Waals surface area contributed by atoms with Gasteiger partial charge < -0.3 is 23.7 Å². The molecule has 3 aromatic rings. The van der Waals surface area contributed by atoms with Crippen molar-refractivity contribution in [2.45, 2.75) is 32.5 Å². The molecule has 2 amide bonds. The number of rotatable bonds is 5. The Hall–Kier alpha value is -3.74. The molecule has 5 rings (SSSR count). The SMILES string of the molecule is CC1(C)Cc2cccc(OCc3ccc(C(=O)N4CCN(C(=O)c5ccco5)CC4)cc3)c2O1. The summed E-state index contributed by atoms with van der Waals surface area (Å²) in [4.78, 5) is 28.9. The fourth-order valence-electron chi connectivity index (χ4n) is 4.46. The van der Waals surface area contributed by atoms with Crippen molar-refractivity contribution >= 4 is 11.8 Å². The second kappa shape index (κ2) is 8.89. The molecule has 0 aliphatic carbocycles. The smallest absolute Gasteiger partial charge is 0.289 e. The highest BCUT2D eigenvalue weighted by Gasteiger charge is 2.32. The predicted octanol–water partition coefficient (Wildman–Crippen LogP) is 4.17. The van der Waals surface area contributed by atoms with Gasteiger partial charge in [0.1, 0.15) is 12.2 Å². The third-order valence-electron chi connectivity index (χ3n) is 6.24. The highest BCUT2D eigenvalue weighted by atomic mass is 16.5. The molecule has 2 aliphatic heterocycles. The lowest BCUT2D eigenvalue weighted by Crippen LogP contribution is -2.50. The quantitative estimate of drug-likeness (QED) is 0.572. The summed E-state index contributed by atoms with van der Waals surface area (Å²) in [6, 6.07) is 16.8. The summed E-state index contributed by atoms with van der Waals surface area (Å²) in [5.41, 5.74) is 2.54. The Balaban J connectivity index is 1.16. The number of nitrogens with zero attached hydrogens (tertiary/aromatic N) is 2. The van der Waals surface area contributed by atoms with Crippen LogP contribution in [-0.2, 0) is 13.0 Å². The lowest BCUT2D eigenvalue weighted by Gasteiger charge is -2.34. The van der Waals surface area contributed by atoms with Crippen LogP contribution in [-0.4, -0.2) is 53.4 Å². The zero-order valence-corrected chi connectivity index (χ0v) is 19.5. The van der Waals surface area contributed by atoms with Crippen molar-refractivity contribution in [1.82, 2.24) is 9.80 Å². The molecule has 0 spiro atoms. The Morgan fingerprint density at radius 1 is 0.912 bits per heavy atom. The van der Waals surface area contributed by atoms with Gasteiger partial charge in [0.05, 0.1) is 6.26 Å². The van der Waals surface area contributed by atoms with Gasteiger partial charge in [-0.2, -0.15) is 0 Å². The van der Waals surface area contributed by atoms with Crippen LogP contribution < -0.4 is 9.47 Å². The Morgan fingerprint density at radius 2 is 1.62 bits per heavy atom. The van der Waals surface area contributed by atoms with E-state index in [4.69, 9.17) is 13.9 Å². The molecule has 0 atom stereocenters. The van der Waals surface area contributed by atoms with Gasteiger partial charge in [0.15, 0.2) is 17.3 Å². The van der Waals surface area contributed by atoms with Crippen LogP contribution >= 0.6 is 0 Å². The average molecular weight is 461 g/mol. The third-order valence-corrected chi connectivity index (χ3v) is 6.24. The molecule has 0 radical (unpaired) electrons. The van der Waals surface area contributed by atoms with Crippen LogP contribution in [0.3, 0.4) is 0 Å².